The Hall–Kier alpha value is -0.660. The van der Waals surface area contributed by atoms with E-state index in [1.54, 1.807) is 0 Å². The highest BCUT2D eigenvalue weighted by atomic mass is 16.2. The van der Waals surface area contributed by atoms with E-state index in [4.69, 9.17) is 0 Å². The molecule has 0 aliphatic heterocycles. The zero-order valence-corrected chi connectivity index (χ0v) is 11.2. The first kappa shape index (κ1) is 14.4. The minimum Gasteiger partial charge on any atom is -0.299 e. The molecule has 1 rings (SSSR count). The largest absolute Gasteiger partial charge is 0.299 e. The highest BCUT2D eigenvalue weighted by Crippen LogP contribution is 2.23. The minimum absolute atomic E-state index is 0.193. The monoisotopic (exact) mass is 238 g/mol. The first-order chi connectivity index (χ1) is 8.25. The molecule has 1 saturated carbocycles. The predicted molar refractivity (Wildman–Crippen MR) is 70.0 cm³/mol. The number of hydrogen-bond donors (Lipinski definition) is 0. The standard InChI is InChI=1S/C15H26O2/c1-2-3-4-5-6-7-8-9-10-13-14(16)11-12-15(13)17/h13H,2-12H2,1H3. The van der Waals surface area contributed by atoms with E-state index in [9.17, 15) is 9.59 Å². The fourth-order valence-corrected chi connectivity index (χ4v) is 2.58. The van der Waals surface area contributed by atoms with E-state index in [0.717, 1.165) is 12.8 Å². The van der Waals surface area contributed by atoms with Crippen LogP contribution in [0.25, 0.3) is 0 Å². The number of unbranched alkanes of at least 4 members (excludes halogenated alkanes) is 7. The summed E-state index contributed by atoms with van der Waals surface area (Å²) in [6.45, 7) is 2.23. The van der Waals surface area contributed by atoms with Crippen molar-refractivity contribution in [2.24, 2.45) is 5.92 Å². The lowest BCUT2D eigenvalue weighted by Gasteiger charge is -2.06. The topological polar surface area (TPSA) is 34.1 Å². The van der Waals surface area contributed by atoms with Gasteiger partial charge < -0.3 is 0 Å². The van der Waals surface area contributed by atoms with Gasteiger partial charge in [-0.25, -0.2) is 0 Å². The molecule has 0 atom stereocenters. The molecule has 17 heavy (non-hydrogen) atoms. The Labute approximate surface area is 105 Å². The van der Waals surface area contributed by atoms with Gasteiger partial charge in [-0.05, 0) is 6.42 Å². The van der Waals surface area contributed by atoms with Crippen molar-refractivity contribution in [3.63, 3.8) is 0 Å². The SMILES string of the molecule is CCCCCCCCCCC1C(=O)CCC1=O. The van der Waals surface area contributed by atoms with Crippen molar-refractivity contribution in [2.45, 2.75) is 77.6 Å². The van der Waals surface area contributed by atoms with Crippen LogP contribution in [-0.4, -0.2) is 11.6 Å². The molecule has 0 aromatic heterocycles. The van der Waals surface area contributed by atoms with Crippen LogP contribution in [0.15, 0.2) is 0 Å². The minimum atomic E-state index is -0.227. The van der Waals surface area contributed by atoms with Crippen LogP contribution in [0.1, 0.15) is 77.6 Å². The second-order valence-corrected chi connectivity index (χ2v) is 5.25. The molecule has 0 N–H and O–H groups in total. The third kappa shape index (κ3) is 5.47. The van der Waals surface area contributed by atoms with Gasteiger partial charge in [0, 0.05) is 12.8 Å². The lowest BCUT2D eigenvalue weighted by molar-refractivity contribution is -0.127. The summed E-state index contributed by atoms with van der Waals surface area (Å²) in [6, 6.07) is 0. The molecule has 0 aromatic rings. The summed E-state index contributed by atoms with van der Waals surface area (Å²) in [6.07, 6.45) is 12.0. The van der Waals surface area contributed by atoms with Crippen molar-refractivity contribution >= 4 is 11.6 Å². The summed E-state index contributed by atoms with van der Waals surface area (Å²) in [4.78, 5) is 22.8. The Balaban J connectivity index is 1.93. The van der Waals surface area contributed by atoms with E-state index in [1.807, 2.05) is 0 Å². The molecule has 0 bridgehead atoms. The quantitative estimate of drug-likeness (QED) is 0.448. The van der Waals surface area contributed by atoms with Crippen LogP contribution in [0.2, 0.25) is 0 Å². The molecular formula is C15H26O2. The first-order valence-corrected chi connectivity index (χ1v) is 7.31. The van der Waals surface area contributed by atoms with E-state index in [1.165, 1.54) is 44.9 Å². The van der Waals surface area contributed by atoms with Crippen LogP contribution < -0.4 is 0 Å². The normalized spacial score (nSPS) is 17.0. The van der Waals surface area contributed by atoms with Crippen molar-refractivity contribution in [1.29, 1.82) is 0 Å². The predicted octanol–water partition coefficient (Wildman–Crippen LogP) is 4.07. The number of ketones is 2. The molecule has 0 saturated heterocycles. The number of hydrogen-bond acceptors (Lipinski definition) is 2. The lowest BCUT2D eigenvalue weighted by Crippen LogP contribution is -2.13. The van der Waals surface area contributed by atoms with Crippen molar-refractivity contribution in [3.8, 4) is 0 Å². The smallest absolute Gasteiger partial charge is 0.143 e. The van der Waals surface area contributed by atoms with Crippen LogP contribution >= 0.6 is 0 Å². The van der Waals surface area contributed by atoms with Gasteiger partial charge in [-0.3, -0.25) is 9.59 Å². The molecule has 0 radical (unpaired) electrons. The summed E-state index contributed by atoms with van der Waals surface area (Å²) in [7, 11) is 0. The molecule has 0 unspecified atom stereocenters. The van der Waals surface area contributed by atoms with Gasteiger partial charge in [0.05, 0.1) is 5.92 Å². The van der Waals surface area contributed by atoms with Crippen molar-refractivity contribution in [3.05, 3.63) is 0 Å². The molecular weight excluding hydrogens is 212 g/mol. The van der Waals surface area contributed by atoms with E-state index < -0.39 is 0 Å². The Morgan fingerprint density at radius 3 is 1.82 bits per heavy atom. The number of carbonyl (C=O) groups excluding carboxylic acids is 2. The molecule has 1 aliphatic rings. The third-order valence-electron chi connectivity index (χ3n) is 3.74. The Morgan fingerprint density at radius 2 is 1.29 bits per heavy atom. The molecule has 2 heteroatoms. The maximum absolute atomic E-state index is 11.4. The third-order valence-corrected chi connectivity index (χ3v) is 3.74. The highest BCUT2D eigenvalue weighted by molar-refractivity contribution is 6.08. The molecule has 98 valence electrons. The van der Waals surface area contributed by atoms with E-state index in [0.29, 0.717) is 12.8 Å². The van der Waals surface area contributed by atoms with Gasteiger partial charge >= 0.3 is 0 Å². The van der Waals surface area contributed by atoms with Crippen molar-refractivity contribution in [2.75, 3.05) is 0 Å². The van der Waals surface area contributed by atoms with E-state index in [-0.39, 0.29) is 17.5 Å². The second-order valence-electron chi connectivity index (χ2n) is 5.25. The van der Waals surface area contributed by atoms with Crippen LogP contribution in [0.3, 0.4) is 0 Å². The number of carbonyl (C=O) groups is 2. The molecule has 0 heterocycles. The fourth-order valence-electron chi connectivity index (χ4n) is 2.58. The maximum Gasteiger partial charge on any atom is 0.143 e. The Morgan fingerprint density at radius 1 is 0.824 bits per heavy atom. The molecule has 0 spiro atoms. The fraction of sp³-hybridized carbons (Fsp3) is 0.867. The highest BCUT2D eigenvalue weighted by Gasteiger charge is 2.31. The summed E-state index contributed by atoms with van der Waals surface area (Å²) in [5, 5.41) is 0. The van der Waals surface area contributed by atoms with E-state index in [2.05, 4.69) is 6.92 Å². The lowest BCUT2D eigenvalue weighted by atomic mass is 9.97. The van der Waals surface area contributed by atoms with Gasteiger partial charge in [0.25, 0.3) is 0 Å². The van der Waals surface area contributed by atoms with Crippen molar-refractivity contribution < 1.29 is 9.59 Å². The molecule has 0 aromatic carbocycles. The summed E-state index contributed by atoms with van der Waals surface area (Å²) < 4.78 is 0. The van der Waals surface area contributed by atoms with Gasteiger partial charge in [-0.1, -0.05) is 58.3 Å². The van der Waals surface area contributed by atoms with Gasteiger partial charge in [-0.2, -0.15) is 0 Å². The molecule has 0 amide bonds. The summed E-state index contributed by atoms with van der Waals surface area (Å²) >= 11 is 0. The average molecular weight is 238 g/mol. The maximum atomic E-state index is 11.4. The first-order valence-electron chi connectivity index (χ1n) is 7.31. The second kappa shape index (κ2) is 8.43. The van der Waals surface area contributed by atoms with Gasteiger partial charge in [0.2, 0.25) is 0 Å². The Kier molecular flexibility index (Phi) is 7.14. The zero-order valence-electron chi connectivity index (χ0n) is 11.2. The molecule has 2 nitrogen and oxygen atoms in total. The van der Waals surface area contributed by atoms with Crippen LogP contribution in [0, 0.1) is 5.92 Å². The number of rotatable bonds is 9. The summed E-state index contributed by atoms with van der Waals surface area (Å²) in [5.41, 5.74) is 0. The Bertz CT molecular complexity index is 229. The average Bonchev–Trinajstić information content (AvgIpc) is 2.63. The van der Waals surface area contributed by atoms with Crippen molar-refractivity contribution in [1.82, 2.24) is 0 Å². The molecule has 1 fully saturated rings. The van der Waals surface area contributed by atoms with Crippen LogP contribution in [0.4, 0.5) is 0 Å². The van der Waals surface area contributed by atoms with Gasteiger partial charge in [0.1, 0.15) is 11.6 Å². The number of Topliss-reactive ketones (excluding diaryl/α,β-unsaturated/α-hetero) is 2. The summed E-state index contributed by atoms with van der Waals surface area (Å²) in [5.74, 6) is 0.158. The van der Waals surface area contributed by atoms with Gasteiger partial charge in [-0.15, -0.1) is 0 Å². The van der Waals surface area contributed by atoms with Crippen LogP contribution in [0.5, 0.6) is 0 Å². The van der Waals surface area contributed by atoms with E-state index >= 15 is 0 Å². The molecule has 1 aliphatic carbocycles. The van der Waals surface area contributed by atoms with Crippen LogP contribution in [-0.2, 0) is 9.59 Å². The van der Waals surface area contributed by atoms with Gasteiger partial charge in [0.15, 0.2) is 0 Å². The zero-order chi connectivity index (χ0) is 12.5.